The molecule has 2 saturated heterocycles. The second-order valence-corrected chi connectivity index (χ2v) is 11.2. The van der Waals surface area contributed by atoms with Gasteiger partial charge in [-0.15, -0.1) is 0 Å². The maximum absolute atomic E-state index is 11.4. The number of nitro groups is 1. The van der Waals surface area contributed by atoms with Crippen LogP contribution in [0.25, 0.3) is 0 Å². The standard InChI is InChI=1S/C15H19N3O3.C15H21N3O/c1-11(19)16-7-9-17(10-8-16)14-6-5-13-12(14)3-2-4-15(13)18(20)21;1-11(19)17-7-9-18(10-8-17)15-6-5-12-13(15)3-2-4-14(12)16/h2-4,14H,5-10H2,1H3;2-4,15H,5-10,16H2,1H3. The van der Waals surface area contributed by atoms with Crippen molar-refractivity contribution < 1.29 is 14.5 Å². The van der Waals surface area contributed by atoms with Crippen molar-refractivity contribution in [2.24, 2.45) is 0 Å². The fourth-order valence-electron chi connectivity index (χ4n) is 6.90. The highest BCUT2D eigenvalue weighted by Gasteiger charge is 2.34. The van der Waals surface area contributed by atoms with E-state index in [1.807, 2.05) is 21.9 Å². The first kappa shape index (κ1) is 28.0. The Balaban J connectivity index is 0.000000162. The van der Waals surface area contributed by atoms with Gasteiger partial charge in [0, 0.05) is 95.6 Å². The summed E-state index contributed by atoms with van der Waals surface area (Å²) in [5.41, 5.74) is 12.0. The van der Waals surface area contributed by atoms with Gasteiger partial charge in [0.15, 0.2) is 0 Å². The number of amides is 2. The molecule has 2 N–H and O–H groups in total. The molecule has 0 spiro atoms. The second-order valence-electron chi connectivity index (χ2n) is 11.2. The Hall–Kier alpha value is -3.50. The maximum Gasteiger partial charge on any atom is 0.272 e. The zero-order chi connectivity index (χ0) is 28.4. The number of fused-ring (bicyclic) bond motifs is 2. The highest BCUT2D eigenvalue weighted by molar-refractivity contribution is 5.73. The van der Waals surface area contributed by atoms with Gasteiger partial charge in [0.1, 0.15) is 0 Å². The van der Waals surface area contributed by atoms with E-state index in [0.717, 1.165) is 94.9 Å². The molecule has 2 aliphatic carbocycles. The van der Waals surface area contributed by atoms with Gasteiger partial charge in [0.2, 0.25) is 11.8 Å². The molecule has 2 atom stereocenters. The van der Waals surface area contributed by atoms with Crippen LogP contribution in [-0.2, 0) is 22.4 Å². The summed E-state index contributed by atoms with van der Waals surface area (Å²) in [6, 6.07) is 12.4. The average molecular weight is 549 g/mol. The Morgan fingerprint density at radius 2 is 1.20 bits per heavy atom. The molecular weight excluding hydrogens is 508 g/mol. The molecule has 2 fully saturated rings. The van der Waals surface area contributed by atoms with E-state index < -0.39 is 0 Å². The van der Waals surface area contributed by atoms with Crippen molar-refractivity contribution in [1.29, 1.82) is 0 Å². The zero-order valence-electron chi connectivity index (χ0n) is 23.6. The molecule has 2 aromatic carbocycles. The molecule has 6 rings (SSSR count). The summed E-state index contributed by atoms with van der Waals surface area (Å²) in [7, 11) is 0. The molecule has 2 heterocycles. The summed E-state index contributed by atoms with van der Waals surface area (Å²) >= 11 is 0. The Labute approximate surface area is 235 Å². The largest absolute Gasteiger partial charge is 0.398 e. The van der Waals surface area contributed by atoms with Crippen molar-refractivity contribution in [2.75, 3.05) is 58.1 Å². The normalized spacial score (nSPS) is 22.8. The second kappa shape index (κ2) is 11.9. The van der Waals surface area contributed by atoms with E-state index in [0.29, 0.717) is 6.04 Å². The number of nitrogens with two attached hydrogens (primary N) is 1. The van der Waals surface area contributed by atoms with Crippen molar-refractivity contribution in [3.8, 4) is 0 Å². The lowest BCUT2D eigenvalue weighted by atomic mass is 10.0. The highest BCUT2D eigenvalue weighted by Crippen LogP contribution is 2.40. The quantitative estimate of drug-likeness (QED) is 0.356. The van der Waals surface area contributed by atoms with Crippen LogP contribution in [0, 0.1) is 10.1 Å². The van der Waals surface area contributed by atoms with E-state index in [4.69, 9.17) is 5.73 Å². The van der Waals surface area contributed by atoms with Crippen LogP contribution in [0.5, 0.6) is 0 Å². The molecule has 2 aromatic rings. The van der Waals surface area contributed by atoms with Gasteiger partial charge in [-0.2, -0.15) is 0 Å². The minimum absolute atomic E-state index is 0.122. The smallest absolute Gasteiger partial charge is 0.272 e. The van der Waals surface area contributed by atoms with E-state index in [1.54, 1.807) is 26.0 Å². The molecule has 0 aromatic heterocycles. The zero-order valence-corrected chi connectivity index (χ0v) is 23.6. The molecule has 10 nitrogen and oxygen atoms in total. The topological polar surface area (TPSA) is 116 Å². The Morgan fingerprint density at radius 1 is 0.750 bits per heavy atom. The van der Waals surface area contributed by atoms with Crippen LogP contribution in [0.15, 0.2) is 36.4 Å². The first-order chi connectivity index (χ1) is 19.2. The van der Waals surface area contributed by atoms with Crippen molar-refractivity contribution >= 4 is 23.2 Å². The summed E-state index contributed by atoms with van der Waals surface area (Å²) < 4.78 is 0. The third-order valence-corrected chi connectivity index (χ3v) is 9.09. The number of carbonyl (C=O) groups is 2. The van der Waals surface area contributed by atoms with Crippen LogP contribution < -0.4 is 5.73 Å². The predicted molar refractivity (Wildman–Crippen MR) is 154 cm³/mol. The third kappa shape index (κ3) is 5.69. The molecule has 0 saturated carbocycles. The van der Waals surface area contributed by atoms with Gasteiger partial charge >= 0.3 is 0 Å². The molecule has 214 valence electrons. The molecule has 0 radical (unpaired) electrons. The van der Waals surface area contributed by atoms with Crippen molar-refractivity contribution in [3.63, 3.8) is 0 Å². The number of carbonyl (C=O) groups excluding carboxylic acids is 2. The van der Waals surface area contributed by atoms with Crippen LogP contribution in [0.4, 0.5) is 11.4 Å². The monoisotopic (exact) mass is 548 g/mol. The molecule has 2 unspecified atom stereocenters. The number of piperazine rings is 2. The Morgan fingerprint density at radius 3 is 1.68 bits per heavy atom. The summed E-state index contributed by atoms with van der Waals surface area (Å²) in [4.78, 5) is 42.2. The van der Waals surface area contributed by atoms with E-state index in [1.165, 1.54) is 11.1 Å². The van der Waals surface area contributed by atoms with Gasteiger partial charge in [0.25, 0.3) is 5.69 Å². The molecule has 0 bridgehead atoms. The van der Waals surface area contributed by atoms with Crippen molar-refractivity contribution in [2.45, 2.75) is 51.6 Å². The summed E-state index contributed by atoms with van der Waals surface area (Å²) in [6.45, 7) is 10.1. The molecular formula is C30H40N6O4. The predicted octanol–water partition coefficient (Wildman–Crippen LogP) is 3.17. The minimum atomic E-state index is -0.283. The van der Waals surface area contributed by atoms with Gasteiger partial charge in [-0.1, -0.05) is 24.3 Å². The van der Waals surface area contributed by atoms with E-state index in [-0.39, 0.29) is 28.5 Å². The van der Waals surface area contributed by atoms with Crippen LogP contribution >= 0.6 is 0 Å². The fourth-order valence-corrected chi connectivity index (χ4v) is 6.90. The SMILES string of the molecule is CC(=O)N1CCN(C2CCc3c(N)cccc32)CC1.CC(=O)N1CCN(C2CCc3c2cccc3[N+](=O)[O-])CC1. The first-order valence-corrected chi connectivity index (χ1v) is 14.4. The lowest BCUT2D eigenvalue weighted by molar-refractivity contribution is -0.385. The van der Waals surface area contributed by atoms with E-state index in [9.17, 15) is 19.7 Å². The molecule has 10 heteroatoms. The van der Waals surface area contributed by atoms with Crippen molar-refractivity contribution in [1.82, 2.24) is 19.6 Å². The number of nitro benzene ring substituents is 1. The molecule has 2 aliphatic heterocycles. The third-order valence-electron chi connectivity index (χ3n) is 9.09. The van der Waals surface area contributed by atoms with Crippen LogP contribution in [0.1, 0.15) is 61.0 Å². The first-order valence-electron chi connectivity index (χ1n) is 14.4. The Kier molecular flexibility index (Phi) is 8.37. The number of hydrogen-bond acceptors (Lipinski definition) is 7. The average Bonchev–Trinajstić information content (AvgIpc) is 3.59. The van der Waals surface area contributed by atoms with Gasteiger partial charge in [-0.05, 0) is 48.4 Å². The number of nitrogens with zero attached hydrogens (tertiary/aromatic N) is 5. The van der Waals surface area contributed by atoms with E-state index in [2.05, 4.69) is 21.9 Å². The number of rotatable bonds is 3. The summed E-state index contributed by atoms with van der Waals surface area (Å²) in [6.07, 6.45) is 3.94. The van der Waals surface area contributed by atoms with Gasteiger partial charge in [0.05, 0.1) is 4.92 Å². The highest BCUT2D eigenvalue weighted by atomic mass is 16.6. The lowest BCUT2D eigenvalue weighted by Crippen LogP contribution is -2.48. The van der Waals surface area contributed by atoms with Gasteiger partial charge < -0.3 is 15.5 Å². The lowest BCUT2D eigenvalue weighted by Gasteiger charge is -2.38. The van der Waals surface area contributed by atoms with E-state index >= 15 is 0 Å². The minimum Gasteiger partial charge on any atom is -0.398 e. The number of anilines is 1. The number of hydrogen-bond donors (Lipinski definition) is 1. The van der Waals surface area contributed by atoms with Crippen LogP contribution in [0.2, 0.25) is 0 Å². The maximum atomic E-state index is 11.4. The molecule has 2 amide bonds. The molecule has 40 heavy (non-hydrogen) atoms. The molecule has 4 aliphatic rings. The van der Waals surface area contributed by atoms with Gasteiger partial charge in [-0.3, -0.25) is 29.5 Å². The number of benzene rings is 2. The van der Waals surface area contributed by atoms with Crippen LogP contribution in [-0.4, -0.2) is 88.7 Å². The number of nitrogen functional groups attached to an aromatic ring is 1. The Bertz CT molecular complexity index is 1270. The summed E-state index contributed by atoms with van der Waals surface area (Å²) in [5.74, 6) is 0.313. The van der Waals surface area contributed by atoms with Crippen LogP contribution in [0.3, 0.4) is 0 Å². The summed E-state index contributed by atoms with van der Waals surface area (Å²) in [5, 5.41) is 11.1. The fraction of sp³-hybridized carbons (Fsp3) is 0.533. The van der Waals surface area contributed by atoms with Gasteiger partial charge in [-0.25, -0.2) is 0 Å². The van der Waals surface area contributed by atoms with Crippen molar-refractivity contribution in [3.05, 3.63) is 68.8 Å².